The lowest BCUT2D eigenvalue weighted by Gasteiger charge is -2.14. The fourth-order valence-corrected chi connectivity index (χ4v) is 4.24. The first-order chi connectivity index (χ1) is 17.6. The van der Waals surface area contributed by atoms with Gasteiger partial charge >= 0.3 is 0 Å². The quantitative estimate of drug-likeness (QED) is 0.350. The number of hydrogen-bond donors (Lipinski definition) is 1. The molecule has 0 saturated carbocycles. The van der Waals surface area contributed by atoms with Crippen LogP contribution in [0.25, 0.3) is 45.1 Å². The number of nitrogens with two attached hydrogens (primary N) is 1. The van der Waals surface area contributed by atoms with Crippen molar-refractivity contribution in [2.45, 2.75) is 0 Å². The highest BCUT2D eigenvalue weighted by molar-refractivity contribution is 6.30. The van der Waals surface area contributed by atoms with Gasteiger partial charge in [-0.3, -0.25) is 14.3 Å². The van der Waals surface area contributed by atoms with E-state index in [1.165, 1.54) is 0 Å². The van der Waals surface area contributed by atoms with Crippen LogP contribution in [0.2, 0.25) is 5.02 Å². The summed E-state index contributed by atoms with van der Waals surface area (Å²) in [6.07, 6.45) is 3.19. The molecule has 3 aromatic carbocycles. The molecule has 0 spiro atoms. The molecule has 0 bridgehead atoms. The van der Waals surface area contributed by atoms with Crippen molar-refractivity contribution in [3.8, 4) is 34.0 Å². The molecule has 0 aliphatic carbocycles. The van der Waals surface area contributed by atoms with E-state index in [4.69, 9.17) is 22.3 Å². The summed E-state index contributed by atoms with van der Waals surface area (Å²) in [7, 11) is 0. The monoisotopic (exact) mass is 490 g/mol. The first-order valence-corrected chi connectivity index (χ1v) is 11.6. The number of benzene rings is 3. The predicted molar refractivity (Wildman–Crippen MR) is 143 cm³/mol. The van der Waals surface area contributed by atoms with Gasteiger partial charge in [0.2, 0.25) is 0 Å². The number of nitrogen functional groups attached to an aromatic ring is 1. The van der Waals surface area contributed by atoms with Crippen molar-refractivity contribution in [2.24, 2.45) is 0 Å². The van der Waals surface area contributed by atoms with Gasteiger partial charge < -0.3 is 5.73 Å². The number of nitrogens with zero attached hydrogens (tertiary/aromatic N) is 5. The van der Waals surface area contributed by atoms with Gasteiger partial charge in [0.05, 0.1) is 35.1 Å². The summed E-state index contributed by atoms with van der Waals surface area (Å²) in [5.41, 5.74) is 10.6. The number of rotatable bonds is 4. The van der Waals surface area contributed by atoms with Crippen LogP contribution in [0.5, 0.6) is 0 Å². The van der Waals surface area contributed by atoms with E-state index in [9.17, 15) is 4.79 Å². The maximum atomic E-state index is 13.8. The molecule has 8 heteroatoms. The van der Waals surface area contributed by atoms with Crippen LogP contribution in [-0.2, 0) is 0 Å². The third-order valence-corrected chi connectivity index (χ3v) is 6.16. The Morgan fingerprint density at radius 3 is 2.17 bits per heavy atom. The minimum absolute atomic E-state index is 0.219. The molecule has 3 aromatic heterocycles. The Morgan fingerprint density at radius 2 is 1.47 bits per heavy atom. The zero-order chi connectivity index (χ0) is 24.6. The van der Waals surface area contributed by atoms with Gasteiger partial charge in [0.25, 0.3) is 5.56 Å². The second-order valence-corrected chi connectivity index (χ2v) is 8.67. The van der Waals surface area contributed by atoms with Gasteiger partial charge in [-0.15, -0.1) is 0 Å². The number of pyridine rings is 1. The van der Waals surface area contributed by atoms with E-state index in [0.29, 0.717) is 33.3 Å². The van der Waals surface area contributed by atoms with Crippen molar-refractivity contribution < 1.29 is 0 Å². The minimum atomic E-state index is -0.219. The maximum Gasteiger partial charge on any atom is 0.269 e. The number of hydrogen-bond acceptors (Lipinski definition) is 5. The molecule has 0 atom stereocenters. The second kappa shape index (κ2) is 8.79. The topological polar surface area (TPSA) is 91.6 Å². The number of fused-ring (bicyclic) bond motifs is 1. The van der Waals surface area contributed by atoms with Gasteiger partial charge in [0, 0.05) is 16.1 Å². The van der Waals surface area contributed by atoms with Crippen LogP contribution in [0.15, 0.2) is 108 Å². The molecule has 174 valence electrons. The molecule has 2 N–H and O–H groups in total. The smallest absolute Gasteiger partial charge is 0.269 e. The van der Waals surface area contributed by atoms with Crippen LogP contribution < -0.4 is 11.3 Å². The van der Waals surface area contributed by atoms with Crippen LogP contribution in [0, 0.1) is 0 Å². The van der Waals surface area contributed by atoms with Gasteiger partial charge in [-0.1, -0.05) is 54.1 Å². The van der Waals surface area contributed by atoms with Crippen LogP contribution in [0.1, 0.15) is 0 Å². The second-order valence-electron chi connectivity index (χ2n) is 8.24. The van der Waals surface area contributed by atoms with E-state index in [1.54, 1.807) is 45.9 Å². The Morgan fingerprint density at radius 1 is 0.750 bits per heavy atom. The van der Waals surface area contributed by atoms with Gasteiger partial charge in [0.15, 0.2) is 5.65 Å². The lowest BCUT2D eigenvalue weighted by Crippen LogP contribution is -2.22. The van der Waals surface area contributed by atoms with E-state index in [1.807, 2.05) is 66.7 Å². The summed E-state index contributed by atoms with van der Waals surface area (Å²) in [4.78, 5) is 23.1. The molecule has 0 saturated heterocycles. The van der Waals surface area contributed by atoms with Crippen LogP contribution >= 0.6 is 11.6 Å². The fraction of sp³-hybridized carbons (Fsp3) is 0. The van der Waals surface area contributed by atoms with E-state index < -0.39 is 0 Å². The molecular formula is C28H19ClN6O. The molecule has 7 nitrogen and oxygen atoms in total. The summed E-state index contributed by atoms with van der Waals surface area (Å²) in [5.74, 6) is 0.490. The summed E-state index contributed by atoms with van der Waals surface area (Å²) in [5, 5.41) is 5.47. The highest BCUT2D eigenvalue weighted by atomic mass is 35.5. The zero-order valence-corrected chi connectivity index (χ0v) is 19.7. The summed E-state index contributed by atoms with van der Waals surface area (Å²) >= 11 is 6.12. The van der Waals surface area contributed by atoms with E-state index >= 15 is 0 Å². The number of aromatic nitrogens is 5. The molecule has 0 aliphatic rings. The number of anilines is 1. The molecule has 3 heterocycles. The molecule has 36 heavy (non-hydrogen) atoms. The Kier molecular flexibility index (Phi) is 5.32. The normalized spacial score (nSPS) is 11.1. The third kappa shape index (κ3) is 3.81. The third-order valence-electron chi connectivity index (χ3n) is 5.91. The van der Waals surface area contributed by atoms with Crippen LogP contribution in [-0.4, -0.2) is 24.3 Å². The summed E-state index contributed by atoms with van der Waals surface area (Å²) in [6.45, 7) is 0. The summed E-state index contributed by atoms with van der Waals surface area (Å²) < 4.78 is 3.27. The SMILES string of the molecule is Nc1ccc(-c2ccc(-c3nc4c(cnn4-c4ccccc4)c(=O)n3-c3ccc(Cl)cc3)cc2)nc1. The first kappa shape index (κ1) is 21.8. The van der Waals surface area contributed by atoms with Gasteiger partial charge in [0.1, 0.15) is 11.2 Å². The average Bonchev–Trinajstić information content (AvgIpc) is 3.35. The number of para-hydroxylation sites is 1. The lowest BCUT2D eigenvalue weighted by atomic mass is 10.1. The van der Waals surface area contributed by atoms with Crippen molar-refractivity contribution in [1.82, 2.24) is 24.3 Å². The molecule has 6 aromatic rings. The molecule has 0 radical (unpaired) electrons. The highest BCUT2D eigenvalue weighted by Crippen LogP contribution is 2.27. The largest absolute Gasteiger partial charge is 0.397 e. The van der Waals surface area contributed by atoms with Crippen LogP contribution in [0.4, 0.5) is 5.69 Å². The minimum Gasteiger partial charge on any atom is -0.397 e. The molecule has 0 fully saturated rings. The summed E-state index contributed by atoms with van der Waals surface area (Å²) in [6, 6.07) is 28.2. The molecule has 0 unspecified atom stereocenters. The standard InChI is InChI=1S/C28H19ClN6O/c29-20-10-13-22(14-11-20)34-26(19-8-6-18(7-9-19)25-15-12-21(30)16-31-25)33-27-24(28(34)36)17-32-35(27)23-4-2-1-3-5-23/h1-17H,30H2. The van der Waals surface area contributed by atoms with Gasteiger partial charge in [-0.2, -0.15) is 5.10 Å². The van der Waals surface area contributed by atoms with Crippen molar-refractivity contribution >= 4 is 28.3 Å². The number of halogens is 1. The molecule has 6 rings (SSSR count). The Bertz CT molecular complexity index is 1740. The lowest BCUT2D eigenvalue weighted by molar-refractivity contribution is 0.888. The van der Waals surface area contributed by atoms with Gasteiger partial charge in [-0.05, 0) is 48.5 Å². The molecule has 0 aliphatic heterocycles. The average molecular weight is 491 g/mol. The predicted octanol–water partition coefficient (Wildman–Crippen LogP) is 5.54. The van der Waals surface area contributed by atoms with E-state index in [-0.39, 0.29) is 5.56 Å². The van der Waals surface area contributed by atoms with Crippen molar-refractivity contribution in [3.05, 3.63) is 119 Å². The maximum absolute atomic E-state index is 13.8. The highest BCUT2D eigenvalue weighted by Gasteiger charge is 2.18. The van der Waals surface area contributed by atoms with Crippen LogP contribution in [0.3, 0.4) is 0 Å². The molecule has 0 amide bonds. The first-order valence-electron chi connectivity index (χ1n) is 11.2. The Balaban J connectivity index is 1.57. The fourth-order valence-electron chi connectivity index (χ4n) is 4.12. The van der Waals surface area contributed by atoms with Gasteiger partial charge in [-0.25, -0.2) is 9.67 Å². The van der Waals surface area contributed by atoms with Crippen molar-refractivity contribution in [2.75, 3.05) is 5.73 Å². The zero-order valence-electron chi connectivity index (χ0n) is 18.9. The van der Waals surface area contributed by atoms with Crippen molar-refractivity contribution in [1.29, 1.82) is 0 Å². The van der Waals surface area contributed by atoms with E-state index in [2.05, 4.69) is 10.1 Å². The van der Waals surface area contributed by atoms with E-state index in [0.717, 1.165) is 22.5 Å². The van der Waals surface area contributed by atoms with Crippen molar-refractivity contribution in [3.63, 3.8) is 0 Å². The Hall–Kier alpha value is -4.75. The Labute approximate surface area is 211 Å². The molecular weight excluding hydrogens is 472 g/mol.